The Morgan fingerprint density at radius 2 is 1.96 bits per heavy atom. The zero-order valence-corrected chi connectivity index (χ0v) is 13.8. The summed E-state index contributed by atoms with van der Waals surface area (Å²) in [6, 6.07) is 3.74. The van der Waals surface area contributed by atoms with Crippen molar-refractivity contribution in [3.63, 3.8) is 0 Å². The second-order valence-corrected chi connectivity index (χ2v) is 6.69. The first-order chi connectivity index (χ1) is 11.7. The van der Waals surface area contributed by atoms with Gasteiger partial charge in [-0.3, -0.25) is 19.1 Å². The number of carbonyl (C=O) groups excluding carboxylic acids is 1. The maximum Gasteiger partial charge on any atom is 0.263 e. The summed E-state index contributed by atoms with van der Waals surface area (Å²) in [5, 5.41) is 2.50. The highest BCUT2D eigenvalue weighted by Gasteiger charge is 2.20. The van der Waals surface area contributed by atoms with Crippen molar-refractivity contribution in [1.82, 2.24) is 19.4 Å². The molecule has 122 valence electrons. The molecule has 4 rings (SSSR count). The van der Waals surface area contributed by atoms with Gasteiger partial charge in [0.2, 0.25) is 5.91 Å². The van der Waals surface area contributed by atoms with Crippen LogP contribution in [0.5, 0.6) is 0 Å². The summed E-state index contributed by atoms with van der Waals surface area (Å²) >= 11 is 1.44. The minimum atomic E-state index is -0.166. The molecule has 0 unspecified atom stereocenters. The summed E-state index contributed by atoms with van der Waals surface area (Å²) in [5.74, 6) is -0.0172. The summed E-state index contributed by atoms with van der Waals surface area (Å²) < 4.78 is 1.42. The van der Waals surface area contributed by atoms with Crippen LogP contribution in [0.15, 0.2) is 41.0 Å². The smallest absolute Gasteiger partial charge is 0.263 e. The number of likely N-dealkylation sites (tertiary alicyclic amines) is 1. The number of hydrogen-bond acceptors (Lipinski definition) is 5. The van der Waals surface area contributed by atoms with Gasteiger partial charge in [0.05, 0.1) is 11.7 Å². The molecule has 0 atom stereocenters. The first kappa shape index (κ1) is 15.0. The van der Waals surface area contributed by atoms with Gasteiger partial charge in [-0.15, -0.1) is 11.3 Å². The zero-order chi connectivity index (χ0) is 16.5. The van der Waals surface area contributed by atoms with E-state index in [0.717, 1.165) is 37.1 Å². The molecule has 3 aromatic heterocycles. The first-order valence-electron chi connectivity index (χ1n) is 7.89. The fraction of sp³-hybridized carbons (Fsp3) is 0.294. The van der Waals surface area contributed by atoms with Crippen molar-refractivity contribution in [1.29, 1.82) is 0 Å². The maximum atomic E-state index is 12.9. The van der Waals surface area contributed by atoms with E-state index >= 15 is 0 Å². The largest absolute Gasteiger partial charge is 0.341 e. The van der Waals surface area contributed by atoms with Crippen LogP contribution >= 0.6 is 11.3 Å². The lowest BCUT2D eigenvalue weighted by Gasteiger charge is -2.15. The lowest BCUT2D eigenvalue weighted by molar-refractivity contribution is -0.130. The normalized spacial score (nSPS) is 14.4. The molecule has 1 fully saturated rings. The lowest BCUT2D eigenvalue weighted by Crippen LogP contribution is -2.34. The Morgan fingerprint density at radius 1 is 1.21 bits per heavy atom. The minimum absolute atomic E-state index is 0.0172. The van der Waals surface area contributed by atoms with Gasteiger partial charge >= 0.3 is 0 Å². The quantitative estimate of drug-likeness (QED) is 0.732. The van der Waals surface area contributed by atoms with E-state index in [2.05, 4.69) is 9.97 Å². The van der Waals surface area contributed by atoms with E-state index in [1.54, 1.807) is 12.4 Å². The molecule has 1 aliphatic heterocycles. The molecule has 0 N–H and O–H groups in total. The monoisotopic (exact) mass is 340 g/mol. The molecule has 4 heterocycles. The second kappa shape index (κ2) is 6.16. The fourth-order valence-corrected chi connectivity index (χ4v) is 3.94. The van der Waals surface area contributed by atoms with Gasteiger partial charge in [-0.2, -0.15) is 0 Å². The highest BCUT2D eigenvalue weighted by Crippen LogP contribution is 2.30. The number of nitrogens with zero attached hydrogens (tertiary/aromatic N) is 4. The van der Waals surface area contributed by atoms with Crippen molar-refractivity contribution in [2.45, 2.75) is 19.4 Å². The molecular formula is C17H16N4O2S. The Labute approximate surface area is 142 Å². The van der Waals surface area contributed by atoms with Crippen molar-refractivity contribution >= 4 is 27.5 Å². The maximum absolute atomic E-state index is 12.9. The molecule has 24 heavy (non-hydrogen) atoms. The summed E-state index contributed by atoms with van der Waals surface area (Å²) in [4.78, 5) is 36.1. The van der Waals surface area contributed by atoms with Crippen LogP contribution in [-0.2, 0) is 11.3 Å². The topological polar surface area (TPSA) is 68.1 Å². The molecule has 0 spiro atoms. The molecule has 0 aliphatic carbocycles. The lowest BCUT2D eigenvalue weighted by atomic mass is 10.1. The summed E-state index contributed by atoms with van der Waals surface area (Å²) in [6.07, 6.45) is 6.95. The average Bonchev–Trinajstić information content (AvgIpc) is 3.28. The van der Waals surface area contributed by atoms with Gasteiger partial charge in [0.25, 0.3) is 5.56 Å². The van der Waals surface area contributed by atoms with Crippen molar-refractivity contribution in [3.8, 4) is 11.1 Å². The van der Waals surface area contributed by atoms with E-state index in [9.17, 15) is 9.59 Å². The van der Waals surface area contributed by atoms with Gasteiger partial charge in [-0.05, 0) is 30.5 Å². The van der Waals surface area contributed by atoms with Crippen LogP contribution < -0.4 is 5.56 Å². The Morgan fingerprint density at radius 3 is 2.71 bits per heavy atom. The van der Waals surface area contributed by atoms with Crippen LogP contribution in [0.4, 0.5) is 0 Å². The van der Waals surface area contributed by atoms with E-state index in [4.69, 9.17) is 0 Å². The van der Waals surface area contributed by atoms with Gasteiger partial charge in [-0.1, -0.05) is 0 Å². The predicted octanol–water partition coefficient (Wildman–Crippen LogP) is 2.14. The number of thiophene rings is 1. The van der Waals surface area contributed by atoms with Gasteiger partial charge < -0.3 is 4.90 Å². The molecule has 0 bridgehead atoms. The van der Waals surface area contributed by atoms with Crippen molar-refractivity contribution in [3.05, 3.63) is 46.6 Å². The van der Waals surface area contributed by atoms with Gasteiger partial charge in [0, 0.05) is 36.4 Å². The van der Waals surface area contributed by atoms with Crippen LogP contribution in [0.2, 0.25) is 0 Å². The van der Waals surface area contributed by atoms with E-state index in [-0.39, 0.29) is 18.0 Å². The number of amides is 1. The van der Waals surface area contributed by atoms with Crippen LogP contribution in [0.1, 0.15) is 12.8 Å². The van der Waals surface area contributed by atoms with Crippen LogP contribution in [-0.4, -0.2) is 38.4 Å². The molecule has 1 aliphatic rings. The van der Waals surface area contributed by atoms with Crippen molar-refractivity contribution < 1.29 is 4.79 Å². The summed E-state index contributed by atoms with van der Waals surface area (Å²) in [5.41, 5.74) is 1.61. The van der Waals surface area contributed by atoms with E-state index in [1.165, 1.54) is 22.2 Å². The van der Waals surface area contributed by atoms with Crippen LogP contribution in [0.3, 0.4) is 0 Å². The standard InChI is InChI=1S/C17H16N4O2S/c22-14(20-7-1-2-8-20)9-21-11-19-16-15(17(21)23)13(10-24-16)12-3-5-18-6-4-12/h3-6,10-11H,1-2,7-9H2. The van der Waals surface area contributed by atoms with Crippen LogP contribution in [0.25, 0.3) is 21.3 Å². The highest BCUT2D eigenvalue weighted by atomic mass is 32.1. The summed E-state index contributed by atoms with van der Waals surface area (Å²) in [6.45, 7) is 1.61. The third-order valence-electron chi connectivity index (χ3n) is 4.32. The highest BCUT2D eigenvalue weighted by molar-refractivity contribution is 7.17. The Balaban J connectivity index is 1.74. The number of carbonyl (C=O) groups is 1. The van der Waals surface area contributed by atoms with E-state index in [0.29, 0.717) is 10.2 Å². The Kier molecular flexibility index (Phi) is 3.86. The molecule has 1 amide bonds. The fourth-order valence-electron chi connectivity index (χ4n) is 3.04. The predicted molar refractivity (Wildman–Crippen MR) is 92.9 cm³/mol. The number of fused-ring (bicyclic) bond motifs is 1. The Hall–Kier alpha value is -2.54. The Bertz CT molecular complexity index is 942. The molecular weight excluding hydrogens is 324 g/mol. The molecule has 0 aromatic carbocycles. The third-order valence-corrected chi connectivity index (χ3v) is 5.20. The van der Waals surface area contributed by atoms with Gasteiger partial charge in [0.15, 0.2) is 0 Å². The van der Waals surface area contributed by atoms with Gasteiger partial charge in [0.1, 0.15) is 11.4 Å². The third kappa shape index (κ3) is 2.60. The summed E-state index contributed by atoms with van der Waals surface area (Å²) in [7, 11) is 0. The molecule has 7 heteroatoms. The minimum Gasteiger partial charge on any atom is -0.341 e. The first-order valence-corrected chi connectivity index (χ1v) is 8.77. The molecule has 0 radical (unpaired) electrons. The van der Waals surface area contributed by atoms with E-state index < -0.39 is 0 Å². The van der Waals surface area contributed by atoms with Gasteiger partial charge in [-0.25, -0.2) is 4.98 Å². The van der Waals surface area contributed by atoms with Crippen molar-refractivity contribution in [2.75, 3.05) is 13.1 Å². The molecule has 0 saturated carbocycles. The second-order valence-electron chi connectivity index (χ2n) is 5.83. The number of aromatic nitrogens is 3. The number of hydrogen-bond donors (Lipinski definition) is 0. The zero-order valence-electron chi connectivity index (χ0n) is 13.0. The van der Waals surface area contributed by atoms with E-state index in [1.807, 2.05) is 22.4 Å². The average molecular weight is 340 g/mol. The van der Waals surface area contributed by atoms with Crippen LogP contribution in [0, 0.1) is 0 Å². The molecule has 3 aromatic rings. The van der Waals surface area contributed by atoms with Crippen molar-refractivity contribution in [2.24, 2.45) is 0 Å². The number of pyridine rings is 1. The molecule has 1 saturated heterocycles. The SMILES string of the molecule is O=C(Cn1cnc2scc(-c3ccncc3)c2c1=O)N1CCCC1. The number of rotatable bonds is 3. The molecule has 6 nitrogen and oxygen atoms in total.